The van der Waals surface area contributed by atoms with Crippen molar-refractivity contribution in [2.24, 2.45) is 5.92 Å². The molecular weight excluding hydrogens is 312 g/mol. The maximum atomic E-state index is 12.0. The first-order valence-corrected chi connectivity index (χ1v) is 8.54. The lowest BCUT2D eigenvalue weighted by molar-refractivity contribution is 0.0444. The molecule has 1 aliphatic heterocycles. The van der Waals surface area contributed by atoms with Gasteiger partial charge in [-0.1, -0.05) is 18.2 Å². The summed E-state index contributed by atoms with van der Waals surface area (Å²) in [4.78, 5) is 18.6. The van der Waals surface area contributed by atoms with E-state index in [1.165, 1.54) is 17.0 Å². The van der Waals surface area contributed by atoms with Gasteiger partial charge in [-0.15, -0.1) is 11.3 Å². The molecule has 0 aliphatic carbocycles. The van der Waals surface area contributed by atoms with Crippen LogP contribution >= 0.6 is 11.3 Å². The highest BCUT2D eigenvalue weighted by Gasteiger charge is 2.24. The fourth-order valence-corrected chi connectivity index (χ4v) is 3.44. The van der Waals surface area contributed by atoms with Crippen molar-refractivity contribution in [1.82, 2.24) is 4.98 Å². The molecule has 3 rings (SSSR count). The van der Waals surface area contributed by atoms with Crippen molar-refractivity contribution in [3.63, 3.8) is 0 Å². The van der Waals surface area contributed by atoms with Crippen molar-refractivity contribution >= 4 is 23.0 Å². The van der Waals surface area contributed by atoms with Crippen molar-refractivity contribution < 1.29 is 14.3 Å². The van der Waals surface area contributed by atoms with E-state index in [0.29, 0.717) is 24.8 Å². The van der Waals surface area contributed by atoms with Gasteiger partial charge in [0.1, 0.15) is 5.01 Å². The van der Waals surface area contributed by atoms with Gasteiger partial charge in [0.25, 0.3) is 0 Å². The van der Waals surface area contributed by atoms with Crippen LogP contribution in [0.1, 0.15) is 21.9 Å². The van der Waals surface area contributed by atoms with Gasteiger partial charge in [-0.05, 0) is 18.6 Å². The molecule has 1 atom stereocenters. The number of aromatic nitrogens is 1. The van der Waals surface area contributed by atoms with E-state index in [0.717, 1.165) is 24.5 Å². The molecule has 6 heteroatoms. The number of hydrogen-bond donors (Lipinski definition) is 0. The van der Waals surface area contributed by atoms with Crippen LogP contribution in [-0.2, 0) is 16.1 Å². The van der Waals surface area contributed by atoms with Crippen molar-refractivity contribution in [3.05, 3.63) is 46.4 Å². The van der Waals surface area contributed by atoms with E-state index in [2.05, 4.69) is 22.0 Å². The summed E-state index contributed by atoms with van der Waals surface area (Å²) in [5.41, 5.74) is 1.60. The first-order chi connectivity index (χ1) is 11.3. The molecule has 1 aromatic heterocycles. The number of esters is 1. The Labute approximate surface area is 139 Å². The van der Waals surface area contributed by atoms with Crippen LogP contribution in [0.4, 0.5) is 5.69 Å². The van der Waals surface area contributed by atoms with E-state index in [4.69, 9.17) is 9.47 Å². The van der Waals surface area contributed by atoms with Gasteiger partial charge >= 0.3 is 5.97 Å². The average Bonchev–Trinajstić information content (AvgIpc) is 3.23. The molecule has 0 spiro atoms. The summed E-state index contributed by atoms with van der Waals surface area (Å²) in [7, 11) is 1.61. The highest BCUT2D eigenvalue weighted by Crippen LogP contribution is 2.24. The van der Waals surface area contributed by atoms with Gasteiger partial charge in [0.05, 0.1) is 13.2 Å². The Kier molecular flexibility index (Phi) is 5.25. The molecule has 5 nitrogen and oxygen atoms in total. The van der Waals surface area contributed by atoms with Crippen LogP contribution in [-0.4, -0.2) is 37.8 Å². The van der Waals surface area contributed by atoms with Crippen molar-refractivity contribution in [3.8, 4) is 0 Å². The van der Waals surface area contributed by atoms with E-state index in [-0.39, 0.29) is 5.97 Å². The molecule has 1 aliphatic rings. The van der Waals surface area contributed by atoms with Gasteiger partial charge in [-0.25, -0.2) is 9.78 Å². The summed E-state index contributed by atoms with van der Waals surface area (Å²) >= 11 is 1.41. The number of carbonyl (C=O) groups is 1. The third kappa shape index (κ3) is 4.09. The third-order valence-corrected chi connectivity index (χ3v) is 4.71. The van der Waals surface area contributed by atoms with Gasteiger partial charge < -0.3 is 14.4 Å². The summed E-state index contributed by atoms with van der Waals surface area (Å²) in [5, 5.41) is 2.51. The lowest BCUT2D eigenvalue weighted by atomic mass is 10.1. The smallest absolute Gasteiger partial charge is 0.357 e. The van der Waals surface area contributed by atoms with E-state index in [1.807, 2.05) is 18.2 Å². The summed E-state index contributed by atoms with van der Waals surface area (Å²) in [6.07, 6.45) is 1.04. The maximum absolute atomic E-state index is 12.0. The summed E-state index contributed by atoms with van der Waals surface area (Å²) in [6.45, 7) is 2.79. The molecule has 1 fully saturated rings. The lowest BCUT2D eigenvalue weighted by Gasteiger charge is -2.18. The maximum Gasteiger partial charge on any atom is 0.357 e. The van der Waals surface area contributed by atoms with Crippen molar-refractivity contribution in [2.75, 3.05) is 31.7 Å². The fraction of sp³-hybridized carbons (Fsp3) is 0.412. The zero-order valence-electron chi connectivity index (χ0n) is 13.1. The fourth-order valence-electron chi connectivity index (χ4n) is 2.70. The highest BCUT2D eigenvalue weighted by molar-refractivity contribution is 7.09. The quantitative estimate of drug-likeness (QED) is 0.761. The van der Waals surface area contributed by atoms with Crippen LogP contribution in [0.5, 0.6) is 0 Å². The zero-order valence-corrected chi connectivity index (χ0v) is 13.9. The van der Waals surface area contributed by atoms with Crippen LogP contribution in [0.25, 0.3) is 0 Å². The molecule has 1 saturated heterocycles. The Morgan fingerprint density at radius 1 is 1.39 bits per heavy atom. The Morgan fingerprint density at radius 2 is 2.22 bits per heavy atom. The number of carbonyl (C=O) groups excluding carboxylic acids is 1. The second-order valence-corrected chi connectivity index (χ2v) is 6.54. The molecule has 0 unspecified atom stereocenters. The van der Waals surface area contributed by atoms with E-state index in [1.54, 1.807) is 12.5 Å². The number of rotatable bonds is 6. The summed E-state index contributed by atoms with van der Waals surface area (Å²) < 4.78 is 10.4. The molecule has 2 aromatic rings. The number of nitrogens with zero attached hydrogens (tertiary/aromatic N) is 2. The Balaban J connectivity index is 1.48. The zero-order chi connectivity index (χ0) is 16.1. The van der Waals surface area contributed by atoms with Crippen LogP contribution in [0, 0.1) is 5.92 Å². The Bertz CT molecular complexity index is 644. The lowest BCUT2D eigenvalue weighted by Crippen LogP contribution is -2.22. The Morgan fingerprint density at radius 3 is 3.00 bits per heavy atom. The molecule has 2 heterocycles. The van der Waals surface area contributed by atoms with Crippen molar-refractivity contribution in [2.45, 2.75) is 13.0 Å². The van der Waals surface area contributed by atoms with Crippen LogP contribution in [0.15, 0.2) is 35.7 Å². The van der Waals surface area contributed by atoms with Gasteiger partial charge in [-0.3, -0.25) is 0 Å². The molecule has 23 heavy (non-hydrogen) atoms. The monoisotopic (exact) mass is 332 g/mol. The van der Waals surface area contributed by atoms with Crippen LogP contribution in [0.3, 0.4) is 0 Å². The predicted octanol–water partition coefficient (Wildman–Crippen LogP) is 2.97. The SMILES string of the molecule is COCc1nc(C(=O)OC[C@H]2CCN(c3ccccc3)C2)cs1. The highest BCUT2D eigenvalue weighted by atomic mass is 32.1. The summed E-state index contributed by atoms with van der Waals surface area (Å²) in [6, 6.07) is 10.3. The molecule has 0 N–H and O–H groups in total. The molecule has 0 bridgehead atoms. The third-order valence-electron chi connectivity index (χ3n) is 3.89. The minimum Gasteiger partial charge on any atom is -0.461 e. The second kappa shape index (κ2) is 7.57. The minimum atomic E-state index is -0.346. The normalized spacial score (nSPS) is 17.4. The molecule has 1 aromatic carbocycles. The first kappa shape index (κ1) is 16.0. The van der Waals surface area contributed by atoms with Gasteiger partial charge in [0.2, 0.25) is 0 Å². The number of thiazole rings is 1. The van der Waals surface area contributed by atoms with E-state index < -0.39 is 0 Å². The van der Waals surface area contributed by atoms with E-state index in [9.17, 15) is 4.79 Å². The van der Waals surface area contributed by atoms with Crippen LogP contribution in [0.2, 0.25) is 0 Å². The summed E-state index contributed by atoms with van der Waals surface area (Å²) in [5.74, 6) is 0.0259. The standard InChI is InChI=1S/C17H20N2O3S/c1-21-11-16-18-15(12-23-16)17(20)22-10-13-7-8-19(9-13)14-5-3-2-4-6-14/h2-6,12-13H,7-11H2,1H3/t13-/m0/s1. The van der Waals surface area contributed by atoms with Gasteiger partial charge in [0, 0.05) is 37.2 Å². The largest absolute Gasteiger partial charge is 0.461 e. The second-order valence-electron chi connectivity index (χ2n) is 5.59. The molecule has 0 amide bonds. The first-order valence-electron chi connectivity index (χ1n) is 7.66. The average molecular weight is 332 g/mol. The Hall–Kier alpha value is -1.92. The van der Waals surface area contributed by atoms with Gasteiger partial charge in [-0.2, -0.15) is 0 Å². The van der Waals surface area contributed by atoms with Gasteiger partial charge in [0.15, 0.2) is 5.69 Å². The van der Waals surface area contributed by atoms with E-state index >= 15 is 0 Å². The number of anilines is 1. The molecule has 122 valence electrons. The number of benzene rings is 1. The number of para-hydroxylation sites is 1. The number of methoxy groups -OCH3 is 1. The predicted molar refractivity (Wildman–Crippen MR) is 89.9 cm³/mol. The van der Waals surface area contributed by atoms with Crippen LogP contribution < -0.4 is 4.90 Å². The minimum absolute atomic E-state index is 0.346. The molecule has 0 saturated carbocycles. The molecule has 0 radical (unpaired) electrons. The topological polar surface area (TPSA) is 51.7 Å². The molecular formula is C17H20N2O3S. The number of ether oxygens (including phenoxy) is 2. The number of hydrogen-bond acceptors (Lipinski definition) is 6. The van der Waals surface area contributed by atoms with Crippen molar-refractivity contribution in [1.29, 1.82) is 0 Å².